The molecule has 0 aromatic rings. The number of nitrogens with zero attached hydrogens (tertiary/aromatic N) is 1. The summed E-state index contributed by atoms with van der Waals surface area (Å²) in [6.07, 6.45) is 3.28. The van der Waals surface area contributed by atoms with E-state index in [1.165, 1.54) is 6.42 Å². The largest absolute Gasteiger partial charge is 0.339 e. The first-order valence-electron chi connectivity index (χ1n) is 6.07. The van der Waals surface area contributed by atoms with Crippen molar-refractivity contribution < 1.29 is 4.79 Å². The summed E-state index contributed by atoms with van der Waals surface area (Å²) in [5.74, 6) is 0.995. The molecule has 0 saturated carbocycles. The molecule has 3 nitrogen and oxygen atoms in total. The zero-order valence-electron chi connectivity index (χ0n) is 10.4. The summed E-state index contributed by atoms with van der Waals surface area (Å²) in [6.45, 7) is 7.55. The third-order valence-corrected chi connectivity index (χ3v) is 3.56. The van der Waals surface area contributed by atoms with Crippen molar-refractivity contribution >= 4 is 5.91 Å². The van der Waals surface area contributed by atoms with Gasteiger partial charge in [0.2, 0.25) is 5.91 Å². The van der Waals surface area contributed by atoms with Crippen LogP contribution in [0, 0.1) is 5.92 Å². The Hall–Kier alpha value is -0.570. The Labute approximate surface area is 93.2 Å². The molecule has 15 heavy (non-hydrogen) atoms. The number of hydrogen-bond acceptors (Lipinski definition) is 2. The van der Waals surface area contributed by atoms with Gasteiger partial charge >= 0.3 is 0 Å². The highest BCUT2D eigenvalue weighted by Gasteiger charge is 2.33. The van der Waals surface area contributed by atoms with Crippen LogP contribution in [0.15, 0.2) is 0 Å². The van der Waals surface area contributed by atoms with Crippen molar-refractivity contribution in [2.45, 2.75) is 52.1 Å². The van der Waals surface area contributed by atoms with Crippen molar-refractivity contribution in [3.63, 3.8) is 0 Å². The summed E-state index contributed by atoms with van der Waals surface area (Å²) in [7, 11) is 1.87. The Bertz CT molecular complexity index is 218. The van der Waals surface area contributed by atoms with E-state index in [1.807, 2.05) is 11.9 Å². The molecule has 1 aliphatic rings. The van der Waals surface area contributed by atoms with Crippen LogP contribution in [0.5, 0.6) is 0 Å². The Kier molecular flexibility index (Phi) is 4.58. The molecule has 0 bridgehead atoms. The molecule has 0 aromatic carbocycles. The van der Waals surface area contributed by atoms with Crippen molar-refractivity contribution in [3.05, 3.63) is 0 Å². The van der Waals surface area contributed by atoms with Gasteiger partial charge in [0.05, 0.1) is 6.04 Å². The topological polar surface area (TPSA) is 32.3 Å². The minimum atomic E-state index is 0.0596. The van der Waals surface area contributed by atoms with E-state index in [1.54, 1.807) is 0 Å². The maximum absolute atomic E-state index is 11.9. The zero-order chi connectivity index (χ0) is 11.4. The second-order valence-electron chi connectivity index (χ2n) is 4.76. The van der Waals surface area contributed by atoms with Crippen LogP contribution in [-0.2, 0) is 4.79 Å². The number of nitrogens with one attached hydrogen (secondary N) is 1. The SMILES string of the molecule is CCC(C)CC(C)N1CCC(NC)C1=O. The highest BCUT2D eigenvalue weighted by Crippen LogP contribution is 2.20. The average molecular weight is 212 g/mol. The number of likely N-dealkylation sites (N-methyl/N-ethyl adjacent to an activating group) is 1. The van der Waals surface area contributed by atoms with Crippen molar-refractivity contribution in [1.82, 2.24) is 10.2 Å². The molecule has 1 N–H and O–H groups in total. The van der Waals surface area contributed by atoms with Gasteiger partial charge in [0.15, 0.2) is 0 Å². The van der Waals surface area contributed by atoms with Gasteiger partial charge in [-0.2, -0.15) is 0 Å². The van der Waals surface area contributed by atoms with E-state index in [-0.39, 0.29) is 11.9 Å². The number of carbonyl (C=O) groups is 1. The highest BCUT2D eigenvalue weighted by atomic mass is 16.2. The molecule has 1 rings (SSSR count). The Morgan fingerprint density at radius 3 is 2.67 bits per heavy atom. The third kappa shape index (κ3) is 2.94. The van der Waals surface area contributed by atoms with Gasteiger partial charge in [-0.15, -0.1) is 0 Å². The number of likely N-dealkylation sites (tertiary alicyclic amines) is 1. The fraction of sp³-hybridized carbons (Fsp3) is 0.917. The third-order valence-electron chi connectivity index (χ3n) is 3.56. The minimum absolute atomic E-state index is 0.0596. The first-order valence-corrected chi connectivity index (χ1v) is 6.07. The lowest BCUT2D eigenvalue weighted by molar-refractivity contribution is -0.131. The fourth-order valence-corrected chi connectivity index (χ4v) is 2.28. The Balaban J connectivity index is 2.47. The van der Waals surface area contributed by atoms with Gasteiger partial charge in [0, 0.05) is 12.6 Å². The molecule has 0 aliphatic carbocycles. The molecule has 1 saturated heterocycles. The Morgan fingerprint density at radius 1 is 1.53 bits per heavy atom. The summed E-state index contributed by atoms with van der Waals surface area (Å²) in [5, 5.41) is 3.07. The van der Waals surface area contributed by atoms with E-state index in [4.69, 9.17) is 0 Å². The molecular weight excluding hydrogens is 188 g/mol. The van der Waals surface area contributed by atoms with Crippen LogP contribution in [0.4, 0.5) is 0 Å². The van der Waals surface area contributed by atoms with Gasteiger partial charge in [0.1, 0.15) is 0 Å². The molecule has 1 amide bonds. The normalized spacial score (nSPS) is 25.7. The maximum Gasteiger partial charge on any atom is 0.240 e. The fourth-order valence-electron chi connectivity index (χ4n) is 2.28. The smallest absolute Gasteiger partial charge is 0.240 e. The second kappa shape index (κ2) is 5.50. The molecule has 0 spiro atoms. The summed E-state index contributed by atoms with van der Waals surface area (Å²) in [4.78, 5) is 13.9. The van der Waals surface area contributed by atoms with Crippen molar-refractivity contribution in [2.24, 2.45) is 5.92 Å². The molecule has 1 heterocycles. The van der Waals surface area contributed by atoms with Crippen LogP contribution in [0.3, 0.4) is 0 Å². The molecule has 3 heteroatoms. The standard InChI is InChI=1S/C12H24N2O/c1-5-9(2)8-10(3)14-7-6-11(13-4)12(14)15/h9-11,13H,5-8H2,1-4H3. The lowest BCUT2D eigenvalue weighted by atomic mass is 9.99. The van der Waals surface area contributed by atoms with Gasteiger partial charge < -0.3 is 10.2 Å². The lowest BCUT2D eigenvalue weighted by Gasteiger charge is -2.26. The van der Waals surface area contributed by atoms with Crippen molar-refractivity contribution in [2.75, 3.05) is 13.6 Å². The summed E-state index contributed by atoms with van der Waals surface area (Å²) in [5.41, 5.74) is 0. The van der Waals surface area contributed by atoms with E-state index in [9.17, 15) is 4.79 Å². The molecule has 88 valence electrons. The molecule has 0 aromatic heterocycles. The molecular formula is C12H24N2O. The van der Waals surface area contributed by atoms with Gasteiger partial charge in [-0.05, 0) is 32.7 Å². The number of hydrogen-bond donors (Lipinski definition) is 1. The van der Waals surface area contributed by atoms with Crippen LogP contribution in [-0.4, -0.2) is 36.5 Å². The van der Waals surface area contributed by atoms with Crippen molar-refractivity contribution in [1.29, 1.82) is 0 Å². The second-order valence-corrected chi connectivity index (χ2v) is 4.76. The molecule has 3 atom stereocenters. The first-order chi connectivity index (χ1) is 7.10. The van der Waals surface area contributed by atoms with Gasteiger partial charge in [-0.25, -0.2) is 0 Å². The monoisotopic (exact) mass is 212 g/mol. The van der Waals surface area contributed by atoms with E-state index in [0.717, 1.165) is 19.4 Å². The minimum Gasteiger partial charge on any atom is -0.339 e. The molecule has 1 fully saturated rings. The average Bonchev–Trinajstić information content (AvgIpc) is 2.59. The van der Waals surface area contributed by atoms with Crippen LogP contribution in [0.2, 0.25) is 0 Å². The first kappa shape index (κ1) is 12.5. The van der Waals surface area contributed by atoms with Crippen LogP contribution >= 0.6 is 0 Å². The van der Waals surface area contributed by atoms with Crippen LogP contribution in [0.1, 0.15) is 40.0 Å². The summed E-state index contributed by atoms with van der Waals surface area (Å²) >= 11 is 0. The number of rotatable bonds is 5. The van der Waals surface area contributed by atoms with Gasteiger partial charge in [-0.1, -0.05) is 20.3 Å². The van der Waals surface area contributed by atoms with E-state index < -0.39 is 0 Å². The molecule has 1 aliphatic heterocycles. The predicted molar refractivity (Wildman–Crippen MR) is 62.7 cm³/mol. The molecule has 3 unspecified atom stereocenters. The summed E-state index contributed by atoms with van der Waals surface area (Å²) in [6, 6.07) is 0.454. The number of carbonyl (C=O) groups excluding carboxylic acids is 1. The maximum atomic E-state index is 11.9. The zero-order valence-corrected chi connectivity index (χ0v) is 10.4. The lowest BCUT2D eigenvalue weighted by Crippen LogP contribution is -2.41. The predicted octanol–water partition coefficient (Wildman–Crippen LogP) is 1.63. The number of amides is 1. The van der Waals surface area contributed by atoms with Gasteiger partial charge in [0.25, 0.3) is 0 Å². The van der Waals surface area contributed by atoms with Crippen molar-refractivity contribution in [3.8, 4) is 0 Å². The van der Waals surface area contributed by atoms with E-state index in [0.29, 0.717) is 12.0 Å². The highest BCUT2D eigenvalue weighted by molar-refractivity contribution is 5.84. The summed E-state index contributed by atoms with van der Waals surface area (Å²) < 4.78 is 0. The van der Waals surface area contributed by atoms with Gasteiger partial charge in [-0.3, -0.25) is 4.79 Å². The van der Waals surface area contributed by atoms with Crippen LogP contribution in [0.25, 0.3) is 0 Å². The van der Waals surface area contributed by atoms with E-state index in [2.05, 4.69) is 26.1 Å². The molecule has 0 radical (unpaired) electrons. The quantitative estimate of drug-likeness (QED) is 0.751. The Morgan fingerprint density at radius 2 is 2.20 bits per heavy atom. The van der Waals surface area contributed by atoms with Crippen LogP contribution < -0.4 is 5.32 Å². The van der Waals surface area contributed by atoms with E-state index >= 15 is 0 Å².